The Kier molecular flexibility index (Phi) is 5.57. The smallest absolute Gasteiger partial charge is 0.0537 e. The highest BCUT2D eigenvalue weighted by atomic mass is 79.9. The fourth-order valence-electron chi connectivity index (χ4n) is 2.67. The molecule has 0 spiro atoms. The second kappa shape index (κ2) is 7.21. The largest absolute Gasteiger partial charge is 0.395 e. The highest BCUT2D eigenvalue weighted by Gasteiger charge is 2.27. The topological polar surface area (TPSA) is 23.5 Å². The molecule has 0 saturated heterocycles. The molecule has 0 amide bonds. The second-order valence-electron chi connectivity index (χ2n) is 5.89. The van der Waals surface area contributed by atoms with Gasteiger partial charge in [0.15, 0.2) is 0 Å². The first-order valence-electron chi connectivity index (χ1n) is 7.13. The molecule has 1 atom stereocenters. The fraction of sp³-hybridized carbons (Fsp3) is 0.333. The van der Waals surface area contributed by atoms with Crippen LogP contribution in [-0.4, -0.2) is 30.2 Å². The molecule has 2 aromatic rings. The van der Waals surface area contributed by atoms with Gasteiger partial charge in [0.1, 0.15) is 0 Å². The Balaban J connectivity index is 2.08. The molecule has 0 heterocycles. The van der Waals surface area contributed by atoms with Crippen LogP contribution in [0.25, 0.3) is 0 Å². The van der Waals surface area contributed by atoms with Crippen molar-refractivity contribution in [2.75, 3.05) is 20.2 Å². The summed E-state index contributed by atoms with van der Waals surface area (Å²) < 4.78 is 1.10. The van der Waals surface area contributed by atoms with Crippen LogP contribution < -0.4 is 0 Å². The van der Waals surface area contributed by atoms with Crippen LogP contribution in [0.5, 0.6) is 0 Å². The summed E-state index contributed by atoms with van der Waals surface area (Å²) in [4.78, 5) is 2.25. The lowest BCUT2D eigenvalue weighted by Gasteiger charge is -2.33. The van der Waals surface area contributed by atoms with E-state index in [0.717, 1.165) is 17.6 Å². The van der Waals surface area contributed by atoms with Gasteiger partial charge in [0.2, 0.25) is 0 Å². The van der Waals surface area contributed by atoms with Crippen molar-refractivity contribution in [1.29, 1.82) is 0 Å². The maximum absolute atomic E-state index is 9.86. The molecule has 1 N–H and O–H groups in total. The number of hydrogen-bond donors (Lipinski definition) is 1. The molecule has 21 heavy (non-hydrogen) atoms. The number of halogens is 1. The Morgan fingerprint density at radius 2 is 1.81 bits per heavy atom. The molecular formula is C18H22BrNO. The summed E-state index contributed by atoms with van der Waals surface area (Å²) in [6.07, 6.45) is 0. The van der Waals surface area contributed by atoms with Crippen LogP contribution in [0.4, 0.5) is 0 Å². The third-order valence-electron chi connectivity index (χ3n) is 3.78. The SMILES string of the molecule is CN(Cc1cccc(Br)c1)CC(C)(CO)c1ccccc1. The number of hydrogen-bond acceptors (Lipinski definition) is 2. The first-order valence-corrected chi connectivity index (χ1v) is 7.92. The summed E-state index contributed by atoms with van der Waals surface area (Å²) in [6, 6.07) is 18.6. The van der Waals surface area contributed by atoms with Gasteiger partial charge in [-0.2, -0.15) is 0 Å². The second-order valence-corrected chi connectivity index (χ2v) is 6.80. The molecule has 0 fully saturated rings. The minimum Gasteiger partial charge on any atom is -0.395 e. The van der Waals surface area contributed by atoms with Gasteiger partial charge in [0.25, 0.3) is 0 Å². The molecule has 3 heteroatoms. The van der Waals surface area contributed by atoms with E-state index in [1.807, 2.05) is 24.3 Å². The quantitative estimate of drug-likeness (QED) is 0.858. The van der Waals surface area contributed by atoms with E-state index in [1.54, 1.807) is 0 Å². The lowest BCUT2D eigenvalue weighted by atomic mass is 9.83. The highest BCUT2D eigenvalue weighted by molar-refractivity contribution is 9.10. The van der Waals surface area contributed by atoms with Crippen LogP contribution in [0, 0.1) is 0 Å². The van der Waals surface area contributed by atoms with Crippen LogP contribution in [0.3, 0.4) is 0 Å². The zero-order valence-electron chi connectivity index (χ0n) is 12.6. The number of likely N-dealkylation sites (N-methyl/N-ethyl adjacent to an activating group) is 1. The van der Waals surface area contributed by atoms with Crippen LogP contribution in [-0.2, 0) is 12.0 Å². The summed E-state index contributed by atoms with van der Waals surface area (Å²) in [5, 5.41) is 9.86. The van der Waals surface area contributed by atoms with Gasteiger partial charge in [-0.3, -0.25) is 0 Å². The molecule has 112 valence electrons. The predicted octanol–water partition coefficient (Wildman–Crippen LogP) is 3.83. The molecule has 0 bridgehead atoms. The normalized spacial score (nSPS) is 14.1. The van der Waals surface area contributed by atoms with Gasteiger partial charge in [0.05, 0.1) is 6.61 Å². The molecule has 2 rings (SSSR count). The summed E-state index contributed by atoms with van der Waals surface area (Å²) >= 11 is 3.51. The van der Waals surface area contributed by atoms with Crippen molar-refractivity contribution in [2.24, 2.45) is 0 Å². The third kappa shape index (κ3) is 4.40. The van der Waals surface area contributed by atoms with Crippen molar-refractivity contribution in [1.82, 2.24) is 4.90 Å². The molecule has 2 nitrogen and oxygen atoms in total. The van der Waals surface area contributed by atoms with Gasteiger partial charge >= 0.3 is 0 Å². The van der Waals surface area contributed by atoms with Crippen molar-refractivity contribution in [3.63, 3.8) is 0 Å². The minimum absolute atomic E-state index is 0.139. The average Bonchev–Trinajstić information content (AvgIpc) is 2.48. The highest BCUT2D eigenvalue weighted by Crippen LogP contribution is 2.25. The molecule has 0 saturated carbocycles. The van der Waals surface area contributed by atoms with Crippen LogP contribution >= 0.6 is 15.9 Å². The van der Waals surface area contributed by atoms with Crippen molar-refractivity contribution in [3.8, 4) is 0 Å². The Hall–Kier alpha value is -1.16. The standard InChI is InChI=1S/C18H22BrNO/c1-18(14-21,16-8-4-3-5-9-16)13-20(2)12-15-7-6-10-17(19)11-15/h3-11,21H,12-14H2,1-2H3. The summed E-state index contributed by atoms with van der Waals surface area (Å²) in [5.41, 5.74) is 2.19. The van der Waals surface area contributed by atoms with Crippen LogP contribution in [0.15, 0.2) is 59.1 Å². The number of aliphatic hydroxyl groups excluding tert-OH is 1. The van der Waals surface area contributed by atoms with Gasteiger partial charge in [-0.15, -0.1) is 0 Å². The Morgan fingerprint density at radius 3 is 2.43 bits per heavy atom. The molecule has 0 aliphatic heterocycles. The molecule has 2 aromatic carbocycles. The van der Waals surface area contributed by atoms with Crippen molar-refractivity contribution < 1.29 is 5.11 Å². The van der Waals surface area contributed by atoms with Crippen molar-refractivity contribution >= 4 is 15.9 Å². The third-order valence-corrected chi connectivity index (χ3v) is 4.27. The Labute approximate surface area is 135 Å². The van der Waals surface area contributed by atoms with Crippen molar-refractivity contribution in [2.45, 2.75) is 18.9 Å². The van der Waals surface area contributed by atoms with Gasteiger partial charge in [-0.25, -0.2) is 0 Å². The minimum atomic E-state index is -0.248. The maximum Gasteiger partial charge on any atom is 0.0537 e. The molecule has 1 unspecified atom stereocenters. The molecular weight excluding hydrogens is 326 g/mol. The van der Waals surface area contributed by atoms with Crippen LogP contribution in [0.2, 0.25) is 0 Å². The van der Waals surface area contributed by atoms with E-state index in [-0.39, 0.29) is 12.0 Å². The van der Waals surface area contributed by atoms with Crippen LogP contribution in [0.1, 0.15) is 18.1 Å². The Morgan fingerprint density at radius 1 is 1.10 bits per heavy atom. The molecule has 0 radical (unpaired) electrons. The summed E-state index contributed by atoms with van der Waals surface area (Å²) in [5.74, 6) is 0. The van der Waals surface area contributed by atoms with E-state index >= 15 is 0 Å². The van der Waals surface area contributed by atoms with Gasteiger partial charge in [-0.1, -0.05) is 65.3 Å². The maximum atomic E-state index is 9.86. The first-order chi connectivity index (χ1) is 10.0. The number of benzene rings is 2. The van der Waals surface area contributed by atoms with E-state index < -0.39 is 0 Å². The van der Waals surface area contributed by atoms with E-state index in [1.165, 1.54) is 11.1 Å². The monoisotopic (exact) mass is 347 g/mol. The average molecular weight is 348 g/mol. The fourth-order valence-corrected chi connectivity index (χ4v) is 3.12. The summed E-state index contributed by atoms with van der Waals surface area (Å²) in [6.45, 7) is 3.92. The van der Waals surface area contributed by atoms with Crippen molar-refractivity contribution in [3.05, 3.63) is 70.2 Å². The lowest BCUT2D eigenvalue weighted by Crippen LogP contribution is -2.39. The van der Waals surface area contributed by atoms with Gasteiger partial charge in [-0.05, 0) is 30.3 Å². The van der Waals surface area contributed by atoms with E-state index in [4.69, 9.17) is 0 Å². The number of aliphatic hydroxyl groups is 1. The molecule has 0 aromatic heterocycles. The zero-order valence-corrected chi connectivity index (χ0v) is 14.2. The van der Waals surface area contributed by atoms with E-state index in [0.29, 0.717) is 0 Å². The molecule has 0 aliphatic rings. The van der Waals surface area contributed by atoms with E-state index in [2.05, 4.69) is 65.1 Å². The van der Waals surface area contributed by atoms with Gasteiger partial charge < -0.3 is 10.0 Å². The predicted molar refractivity (Wildman–Crippen MR) is 91.4 cm³/mol. The molecule has 0 aliphatic carbocycles. The summed E-state index contributed by atoms with van der Waals surface area (Å²) in [7, 11) is 2.09. The first kappa shape index (κ1) is 16.2. The Bertz CT molecular complexity index is 572. The van der Waals surface area contributed by atoms with Gasteiger partial charge in [0, 0.05) is 23.0 Å². The zero-order chi connectivity index (χ0) is 15.3. The van der Waals surface area contributed by atoms with E-state index in [9.17, 15) is 5.11 Å². The number of rotatable bonds is 6. The lowest BCUT2D eigenvalue weighted by molar-refractivity contribution is 0.156. The number of nitrogens with zero attached hydrogens (tertiary/aromatic N) is 1.